The van der Waals surface area contributed by atoms with Crippen LogP contribution in [0.3, 0.4) is 0 Å². The predicted octanol–water partition coefficient (Wildman–Crippen LogP) is 5.02. The number of hydrogen-bond donors (Lipinski definition) is 1. The van der Waals surface area contributed by atoms with Crippen molar-refractivity contribution < 1.29 is 23.1 Å². The van der Waals surface area contributed by atoms with Crippen LogP contribution in [0.1, 0.15) is 23.7 Å². The number of rotatable bonds is 7. The summed E-state index contributed by atoms with van der Waals surface area (Å²) >= 11 is 11.9. The van der Waals surface area contributed by atoms with Gasteiger partial charge in [-0.3, -0.25) is 13.9 Å². The first-order valence-electron chi connectivity index (χ1n) is 8.90. The zero-order valence-electron chi connectivity index (χ0n) is 15.8. The van der Waals surface area contributed by atoms with Crippen molar-refractivity contribution in [3.05, 3.63) is 70.2 Å². The highest BCUT2D eigenvalue weighted by molar-refractivity contribution is 7.92. The number of anilines is 1. The average molecular weight is 466 g/mol. The molecule has 0 heterocycles. The van der Waals surface area contributed by atoms with Crippen LogP contribution in [0.5, 0.6) is 0 Å². The second-order valence-electron chi connectivity index (χ2n) is 6.50. The highest BCUT2D eigenvalue weighted by Gasteiger charge is 2.28. The number of Topliss-reactive ketones (excluding diaryl/α,β-unsaturated/α-hetero) is 1. The lowest BCUT2D eigenvalue weighted by molar-refractivity contribution is -0.135. The van der Waals surface area contributed by atoms with Gasteiger partial charge in [0.2, 0.25) is 0 Å². The summed E-state index contributed by atoms with van der Waals surface area (Å²) < 4.78 is 27.2. The van der Waals surface area contributed by atoms with Crippen molar-refractivity contribution in [1.82, 2.24) is 0 Å². The van der Waals surface area contributed by atoms with Gasteiger partial charge in [0.05, 0.1) is 10.6 Å². The van der Waals surface area contributed by atoms with Gasteiger partial charge in [-0.15, -0.1) is 0 Å². The molecule has 6 nitrogen and oxygen atoms in total. The summed E-state index contributed by atoms with van der Waals surface area (Å²) in [5.41, 5.74) is 0.665. The van der Waals surface area contributed by atoms with E-state index in [1.165, 1.54) is 30.3 Å². The third-order valence-corrected chi connectivity index (χ3v) is 6.66. The van der Waals surface area contributed by atoms with Crippen LogP contribution >= 0.6 is 23.2 Å². The Bertz CT molecular complexity index is 1240. The Hall–Kier alpha value is -2.61. The molecule has 0 spiro atoms. The maximum absolute atomic E-state index is 13.2. The fourth-order valence-corrected chi connectivity index (χ4v) is 5.24. The van der Waals surface area contributed by atoms with Gasteiger partial charge in [0.15, 0.2) is 5.78 Å². The molecule has 0 radical (unpaired) electrons. The van der Waals surface area contributed by atoms with Crippen molar-refractivity contribution in [1.29, 1.82) is 0 Å². The van der Waals surface area contributed by atoms with Crippen molar-refractivity contribution in [2.45, 2.75) is 18.2 Å². The van der Waals surface area contributed by atoms with Crippen LogP contribution in [-0.2, 0) is 14.8 Å². The topological polar surface area (TPSA) is 91.8 Å². The van der Waals surface area contributed by atoms with E-state index in [0.29, 0.717) is 22.8 Å². The lowest BCUT2D eigenvalue weighted by atomic mass is 10.00. The first-order chi connectivity index (χ1) is 14.1. The summed E-state index contributed by atoms with van der Waals surface area (Å²) in [5.74, 6) is -1.38. The van der Waals surface area contributed by atoms with Crippen LogP contribution in [0.25, 0.3) is 10.8 Å². The van der Waals surface area contributed by atoms with Crippen molar-refractivity contribution >= 4 is 61.4 Å². The van der Waals surface area contributed by atoms with Gasteiger partial charge in [-0.05, 0) is 41.1 Å². The Morgan fingerprint density at radius 3 is 2.27 bits per heavy atom. The van der Waals surface area contributed by atoms with Gasteiger partial charge in [-0.2, -0.15) is 0 Å². The van der Waals surface area contributed by atoms with Gasteiger partial charge < -0.3 is 5.11 Å². The van der Waals surface area contributed by atoms with Crippen LogP contribution in [0.2, 0.25) is 10.0 Å². The van der Waals surface area contributed by atoms with Crippen molar-refractivity contribution in [3.8, 4) is 0 Å². The molecule has 0 unspecified atom stereocenters. The van der Waals surface area contributed by atoms with Gasteiger partial charge in [-0.25, -0.2) is 8.42 Å². The van der Waals surface area contributed by atoms with Gasteiger partial charge >= 0.3 is 5.97 Å². The molecule has 0 amide bonds. The molecule has 0 aliphatic heterocycles. The minimum atomic E-state index is -4.28. The highest BCUT2D eigenvalue weighted by atomic mass is 35.5. The molecule has 0 aliphatic carbocycles. The smallest absolute Gasteiger partial charge is 0.324 e. The summed E-state index contributed by atoms with van der Waals surface area (Å²) in [7, 11) is -4.28. The fraction of sp³-hybridized carbons (Fsp3) is 0.143. The van der Waals surface area contributed by atoms with Gasteiger partial charge in [-0.1, -0.05) is 54.4 Å². The molecule has 9 heteroatoms. The molecular weight excluding hydrogens is 449 g/mol. The van der Waals surface area contributed by atoms with E-state index < -0.39 is 22.5 Å². The maximum Gasteiger partial charge on any atom is 0.324 e. The second-order valence-corrected chi connectivity index (χ2v) is 9.23. The van der Waals surface area contributed by atoms with E-state index in [2.05, 4.69) is 0 Å². The standard InChI is InChI=1S/C21H17Cl2NO5S/c1-2-20(25)19-5-3-4-13-8-16(6-7-18(13)19)24(12-21(26)27)30(28,29)17-10-14(22)9-15(23)11-17/h3-11H,2,12H2,1H3,(H,26,27). The average Bonchev–Trinajstić information content (AvgIpc) is 2.69. The van der Waals surface area contributed by atoms with E-state index >= 15 is 0 Å². The molecule has 1 N–H and O–H groups in total. The summed E-state index contributed by atoms with van der Waals surface area (Å²) in [6.07, 6.45) is 0.329. The number of carboxylic acids is 1. The quantitative estimate of drug-likeness (QED) is 0.494. The fourth-order valence-electron chi connectivity index (χ4n) is 3.10. The molecule has 0 saturated carbocycles. The Morgan fingerprint density at radius 2 is 1.67 bits per heavy atom. The molecule has 0 bridgehead atoms. The zero-order chi connectivity index (χ0) is 22.1. The molecule has 0 atom stereocenters. The number of nitrogens with zero attached hydrogens (tertiary/aromatic N) is 1. The molecule has 0 fully saturated rings. The maximum atomic E-state index is 13.2. The van der Waals surface area contributed by atoms with Crippen LogP contribution in [0.15, 0.2) is 59.5 Å². The summed E-state index contributed by atoms with van der Waals surface area (Å²) in [5, 5.41) is 10.8. The van der Waals surface area contributed by atoms with Crippen LogP contribution in [0.4, 0.5) is 5.69 Å². The van der Waals surface area contributed by atoms with Crippen molar-refractivity contribution in [3.63, 3.8) is 0 Å². The Morgan fingerprint density at radius 1 is 1.00 bits per heavy atom. The molecule has 3 aromatic carbocycles. The predicted molar refractivity (Wildman–Crippen MR) is 117 cm³/mol. The van der Waals surface area contributed by atoms with E-state index in [1.54, 1.807) is 31.2 Å². The summed E-state index contributed by atoms with van der Waals surface area (Å²) in [4.78, 5) is 23.4. The largest absolute Gasteiger partial charge is 0.480 e. The SMILES string of the molecule is CCC(=O)c1cccc2cc(N(CC(=O)O)S(=O)(=O)c3cc(Cl)cc(Cl)c3)ccc12. The second kappa shape index (κ2) is 8.63. The van der Waals surface area contributed by atoms with E-state index in [9.17, 15) is 23.1 Å². The lowest BCUT2D eigenvalue weighted by Gasteiger charge is -2.23. The van der Waals surface area contributed by atoms with Crippen molar-refractivity contribution in [2.24, 2.45) is 0 Å². The van der Waals surface area contributed by atoms with Gasteiger partial charge in [0.1, 0.15) is 6.54 Å². The lowest BCUT2D eigenvalue weighted by Crippen LogP contribution is -2.35. The molecule has 3 rings (SSSR count). The molecule has 0 saturated heterocycles. The molecule has 0 aromatic heterocycles. The summed E-state index contributed by atoms with van der Waals surface area (Å²) in [6, 6.07) is 13.5. The van der Waals surface area contributed by atoms with Crippen LogP contribution in [-0.4, -0.2) is 31.8 Å². The molecule has 30 heavy (non-hydrogen) atoms. The number of ketones is 1. The first kappa shape index (κ1) is 22.1. The monoisotopic (exact) mass is 465 g/mol. The Balaban J connectivity index is 2.17. The third kappa shape index (κ3) is 4.43. The number of carboxylic acid groups (broad SMARTS) is 1. The highest BCUT2D eigenvalue weighted by Crippen LogP contribution is 2.31. The normalized spacial score (nSPS) is 11.4. The molecule has 3 aromatic rings. The van der Waals surface area contributed by atoms with E-state index in [1.807, 2.05) is 0 Å². The van der Waals surface area contributed by atoms with Gasteiger partial charge in [0.25, 0.3) is 10.0 Å². The van der Waals surface area contributed by atoms with E-state index in [4.69, 9.17) is 23.2 Å². The van der Waals surface area contributed by atoms with Crippen LogP contribution in [0, 0.1) is 0 Å². The number of sulfonamides is 1. The number of halogens is 2. The first-order valence-corrected chi connectivity index (χ1v) is 11.1. The number of carbonyl (C=O) groups excluding carboxylic acids is 1. The Labute approximate surface area is 183 Å². The minimum Gasteiger partial charge on any atom is -0.480 e. The van der Waals surface area contributed by atoms with E-state index in [-0.39, 0.29) is 26.4 Å². The number of aliphatic carboxylic acids is 1. The van der Waals surface area contributed by atoms with Crippen molar-refractivity contribution in [2.75, 3.05) is 10.8 Å². The number of hydrogen-bond acceptors (Lipinski definition) is 4. The number of carbonyl (C=O) groups is 2. The van der Waals surface area contributed by atoms with E-state index in [0.717, 1.165) is 4.31 Å². The Kier molecular flexibility index (Phi) is 6.36. The number of benzene rings is 3. The minimum absolute atomic E-state index is 0.0445. The summed E-state index contributed by atoms with van der Waals surface area (Å²) in [6.45, 7) is 0.957. The molecule has 0 aliphatic rings. The van der Waals surface area contributed by atoms with Crippen LogP contribution < -0.4 is 4.31 Å². The molecular formula is C21H17Cl2NO5S. The number of fused-ring (bicyclic) bond motifs is 1. The van der Waals surface area contributed by atoms with Gasteiger partial charge in [0, 0.05) is 22.0 Å². The molecule has 156 valence electrons. The zero-order valence-corrected chi connectivity index (χ0v) is 18.1. The third-order valence-electron chi connectivity index (χ3n) is 4.48.